The highest BCUT2D eigenvalue weighted by molar-refractivity contribution is 6.35. The lowest BCUT2D eigenvalue weighted by Gasteiger charge is -2.09. The minimum Gasteiger partial charge on any atom is -0.460 e. The second-order valence-electron chi connectivity index (χ2n) is 5.26. The van der Waals surface area contributed by atoms with Crippen molar-refractivity contribution < 1.29 is 4.42 Å². The van der Waals surface area contributed by atoms with Gasteiger partial charge in [-0.3, -0.25) is 0 Å². The number of nitrogens with zero attached hydrogens (tertiary/aromatic N) is 1. The maximum Gasteiger partial charge on any atom is 0.134 e. The molecule has 2 aromatic rings. The molecular weight excluding hydrogens is 307 g/mol. The first kappa shape index (κ1) is 16.4. The van der Waals surface area contributed by atoms with Gasteiger partial charge in [-0.1, -0.05) is 23.2 Å². The zero-order valence-corrected chi connectivity index (χ0v) is 13.8. The van der Waals surface area contributed by atoms with Crippen molar-refractivity contribution in [2.24, 2.45) is 0 Å². The third kappa shape index (κ3) is 5.36. The molecule has 0 atom stereocenters. The zero-order chi connectivity index (χ0) is 15.2. The predicted molar refractivity (Wildman–Crippen MR) is 89.0 cm³/mol. The fourth-order valence-corrected chi connectivity index (χ4v) is 2.58. The topological polar surface area (TPSA) is 28.4 Å². The van der Waals surface area contributed by atoms with Crippen LogP contribution in [0.15, 0.2) is 34.7 Å². The molecule has 0 fully saturated rings. The van der Waals surface area contributed by atoms with Gasteiger partial charge in [0.15, 0.2) is 0 Å². The summed E-state index contributed by atoms with van der Waals surface area (Å²) in [6.45, 7) is 2.77. The van der Waals surface area contributed by atoms with E-state index in [9.17, 15) is 0 Å². The molecule has 3 nitrogen and oxygen atoms in total. The number of benzene rings is 1. The highest BCUT2D eigenvalue weighted by atomic mass is 35.5. The molecular formula is C16H20Cl2N2O. The summed E-state index contributed by atoms with van der Waals surface area (Å²) in [7, 11) is 4.16. The average Bonchev–Trinajstić information content (AvgIpc) is 2.85. The molecule has 0 spiro atoms. The minimum absolute atomic E-state index is 0.609. The average molecular weight is 327 g/mol. The molecule has 1 N–H and O–H groups in total. The van der Waals surface area contributed by atoms with Crippen LogP contribution < -0.4 is 5.32 Å². The third-order valence-corrected chi connectivity index (χ3v) is 3.50. The summed E-state index contributed by atoms with van der Waals surface area (Å²) in [6.07, 6.45) is 1.12. The van der Waals surface area contributed by atoms with Crippen LogP contribution >= 0.6 is 23.2 Å². The zero-order valence-electron chi connectivity index (χ0n) is 12.3. The van der Waals surface area contributed by atoms with Crippen LogP contribution in [0.4, 0.5) is 0 Å². The fourth-order valence-electron chi connectivity index (χ4n) is 2.06. The molecule has 1 heterocycles. The van der Waals surface area contributed by atoms with Gasteiger partial charge in [0.2, 0.25) is 0 Å². The van der Waals surface area contributed by atoms with Crippen LogP contribution in [-0.2, 0) is 6.54 Å². The molecule has 1 aromatic carbocycles. The highest BCUT2D eigenvalue weighted by Gasteiger charge is 2.06. The van der Waals surface area contributed by atoms with E-state index >= 15 is 0 Å². The summed E-state index contributed by atoms with van der Waals surface area (Å²) in [5, 5.41) is 4.59. The van der Waals surface area contributed by atoms with Crippen LogP contribution in [-0.4, -0.2) is 32.1 Å². The van der Waals surface area contributed by atoms with Crippen molar-refractivity contribution in [2.45, 2.75) is 13.0 Å². The Morgan fingerprint density at radius 3 is 2.48 bits per heavy atom. The van der Waals surface area contributed by atoms with Gasteiger partial charge in [-0.25, -0.2) is 0 Å². The Morgan fingerprint density at radius 1 is 1.10 bits per heavy atom. The Hall–Kier alpha value is -1.00. The third-order valence-electron chi connectivity index (χ3n) is 3.07. The van der Waals surface area contributed by atoms with E-state index < -0.39 is 0 Å². The summed E-state index contributed by atoms with van der Waals surface area (Å²) in [5.41, 5.74) is 0.895. The Balaban J connectivity index is 1.89. The van der Waals surface area contributed by atoms with Crippen molar-refractivity contribution in [2.75, 3.05) is 27.2 Å². The maximum absolute atomic E-state index is 6.01. The molecule has 0 aliphatic carbocycles. The summed E-state index contributed by atoms with van der Waals surface area (Å²) in [5.74, 6) is 1.69. The lowest BCUT2D eigenvalue weighted by Crippen LogP contribution is -2.20. The highest BCUT2D eigenvalue weighted by Crippen LogP contribution is 2.28. The first-order valence-corrected chi connectivity index (χ1v) is 7.71. The summed E-state index contributed by atoms with van der Waals surface area (Å²) < 4.78 is 5.82. The number of furan rings is 1. The molecule has 0 aliphatic rings. The second kappa shape index (κ2) is 7.85. The van der Waals surface area contributed by atoms with E-state index in [0.29, 0.717) is 10.0 Å². The number of halogens is 2. The van der Waals surface area contributed by atoms with Crippen LogP contribution in [0.2, 0.25) is 10.0 Å². The molecule has 0 saturated heterocycles. The normalized spacial score (nSPS) is 11.3. The first-order chi connectivity index (χ1) is 10.0. The molecule has 21 heavy (non-hydrogen) atoms. The number of nitrogens with one attached hydrogen (secondary N) is 1. The van der Waals surface area contributed by atoms with Crippen LogP contribution in [0.5, 0.6) is 0 Å². The number of rotatable bonds is 7. The fraction of sp³-hybridized carbons (Fsp3) is 0.375. The molecule has 1 aromatic heterocycles. The van der Waals surface area contributed by atoms with E-state index in [1.54, 1.807) is 6.07 Å². The van der Waals surface area contributed by atoms with E-state index in [2.05, 4.69) is 24.3 Å². The molecule has 0 unspecified atom stereocenters. The SMILES string of the molecule is CN(C)CCCNCc1ccc(-c2cc(Cl)cc(Cl)c2)o1. The van der Waals surface area contributed by atoms with Gasteiger partial charge >= 0.3 is 0 Å². The molecule has 5 heteroatoms. The van der Waals surface area contributed by atoms with Gasteiger partial charge < -0.3 is 14.6 Å². The van der Waals surface area contributed by atoms with Gasteiger partial charge in [0.1, 0.15) is 11.5 Å². The van der Waals surface area contributed by atoms with Crippen molar-refractivity contribution in [1.29, 1.82) is 0 Å². The second-order valence-corrected chi connectivity index (χ2v) is 6.13. The van der Waals surface area contributed by atoms with Crippen molar-refractivity contribution in [1.82, 2.24) is 10.2 Å². The maximum atomic E-state index is 6.01. The Kier molecular flexibility index (Phi) is 6.12. The van der Waals surface area contributed by atoms with Crippen molar-refractivity contribution in [3.63, 3.8) is 0 Å². The Morgan fingerprint density at radius 2 is 1.81 bits per heavy atom. The monoisotopic (exact) mass is 326 g/mol. The summed E-state index contributed by atoms with van der Waals surface area (Å²) in [6, 6.07) is 9.33. The number of hydrogen-bond acceptors (Lipinski definition) is 3. The van der Waals surface area contributed by atoms with E-state index in [1.807, 2.05) is 24.3 Å². The Bertz CT molecular complexity index is 561. The van der Waals surface area contributed by atoms with E-state index in [-0.39, 0.29) is 0 Å². The molecule has 0 amide bonds. The van der Waals surface area contributed by atoms with Gasteiger partial charge in [-0.05, 0) is 63.9 Å². The molecule has 0 saturated carbocycles. The van der Waals surface area contributed by atoms with Gasteiger partial charge in [-0.2, -0.15) is 0 Å². The number of hydrogen-bond donors (Lipinski definition) is 1. The molecule has 2 rings (SSSR count). The van der Waals surface area contributed by atoms with Gasteiger partial charge in [0.25, 0.3) is 0 Å². The van der Waals surface area contributed by atoms with Crippen LogP contribution in [0.1, 0.15) is 12.2 Å². The van der Waals surface area contributed by atoms with Crippen molar-refractivity contribution in [3.05, 3.63) is 46.1 Å². The molecule has 0 radical (unpaired) electrons. The lowest BCUT2D eigenvalue weighted by atomic mass is 10.2. The molecule has 0 bridgehead atoms. The van der Waals surface area contributed by atoms with E-state index in [1.165, 1.54) is 0 Å². The largest absolute Gasteiger partial charge is 0.460 e. The van der Waals surface area contributed by atoms with Gasteiger partial charge in [-0.15, -0.1) is 0 Å². The Labute approximate surface area is 135 Å². The lowest BCUT2D eigenvalue weighted by molar-refractivity contribution is 0.391. The van der Waals surface area contributed by atoms with Crippen LogP contribution in [0.25, 0.3) is 11.3 Å². The van der Waals surface area contributed by atoms with E-state index in [0.717, 1.165) is 43.1 Å². The summed E-state index contributed by atoms with van der Waals surface area (Å²) >= 11 is 12.0. The van der Waals surface area contributed by atoms with E-state index in [4.69, 9.17) is 27.6 Å². The van der Waals surface area contributed by atoms with Crippen molar-refractivity contribution in [3.8, 4) is 11.3 Å². The molecule has 0 aliphatic heterocycles. The minimum atomic E-state index is 0.609. The standard InChI is InChI=1S/C16H20Cl2N2O/c1-20(2)7-3-6-19-11-15-4-5-16(21-15)12-8-13(17)10-14(18)9-12/h4-5,8-10,19H,3,6-7,11H2,1-2H3. The first-order valence-electron chi connectivity index (χ1n) is 6.95. The van der Waals surface area contributed by atoms with Gasteiger partial charge in [0, 0.05) is 15.6 Å². The van der Waals surface area contributed by atoms with Gasteiger partial charge in [0.05, 0.1) is 6.54 Å². The smallest absolute Gasteiger partial charge is 0.134 e. The van der Waals surface area contributed by atoms with Crippen LogP contribution in [0, 0.1) is 0 Å². The quantitative estimate of drug-likeness (QED) is 0.769. The summed E-state index contributed by atoms with van der Waals surface area (Å²) in [4.78, 5) is 2.18. The van der Waals surface area contributed by atoms with Crippen LogP contribution in [0.3, 0.4) is 0 Å². The van der Waals surface area contributed by atoms with Crippen molar-refractivity contribution >= 4 is 23.2 Å². The predicted octanol–water partition coefficient (Wildman–Crippen LogP) is 4.29. The molecule has 114 valence electrons.